The van der Waals surface area contributed by atoms with E-state index in [2.05, 4.69) is 11.1 Å². The number of fused-ring (bicyclic) bond motifs is 1. The summed E-state index contributed by atoms with van der Waals surface area (Å²) in [4.78, 5) is 28.9. The lowest BCUT2D eigenvalue weighted by atomic mass is 9.97. The Kier molecular flexibility index (Phi) is 7.45. The summed E-state index contributed by atoms with van der Waals surface area (Å²) in [6.07, 6.45) is 4.73. The molecule has 3 aromatic rings. The van der Waals surface area contributed by atoms with Crippen molar-refractivity contribution in [3.8, 4) is 0 Å². The summed E-state index contributed by atoms with van der Waals surface area (Å²) >= 11 is 0. The molecule has 0 aliphatic carbocycles. The lowest BCUT2D eigenvalue weighted by molar-refractivity contribution is -0.129. The van der Waals surface area contributed by atoms with Crippen LogP contribution in [0.25, 0.3) is 10.9 Å². The molecule has 158 valence electrons. The number of nitrogens with one attached hydrogen (secondary N) is 2. The van der Waals surface area contributed by atoms with Crippen LogP contribution in [0.15, 0.2) is 60.8 Å². The number of hydrogen-bond donors (Lipinski definition) is 3. The Morgan fingerprint density at radius 1 is 1.10 bits per heavy atom. The van der Waals surface area contributed by atoms with Crippen LogP contribution in [0.4, 0.5) is 10.5 Å². The minimum absolute atomic E-state index is 0.223. The summed E-state index contributed by atoms with van der Waals surface area (Å²) in [7, 11) is 1.39. The van der Waals surface area contributed by atoms with E-state index in [4.69, 9.17) is 9.94 Å². The zero-order valence-electron chi connectivity index (χ0n) is 17.0. The van der Waals surface area contributed by atoms with Gasteiger partial charge in [0.05, 0.1) is 13.2 Å². The molecule has 0 radical (unpaired) electrons. The molecule has 1 atom stereocenters. The topological polar surface area (TPSA) is 94.7 Å². The molecular weight excluding hydrogens is 382 g/mol. The fourth-order valence-corrected chi connectivity index (χ4v) is 3.67. The average Bonchev–Trinajstić information content (AvgIpc) is 3.26. The number of H-pyrrole nitrogens is 1. The number of rotatable bonds is 9. The van der Waals surface area contributed by atoms with Gasteiger partial charge in [-0.05, 0) is 48.1 Å². The van der Waals surface area contributed by atoms with Gasteiger partial charge in [0.1, 0.15) is 0 Å². The van der Waals surface area contributed by atoms with Crippen LogP contribution in [0.1, 0.15) is 43.7 Å². The minimum Gasteiger partial charge on any atom is -0.452 e. The second kappa shape index (κ2) is 10.5. The molecule has 0 saturated carbocycles. The van der Waals surface area contributed by atoms with Crippen LogP contribution in [-0.4, -0.2) is 29.3 Å². The standard InChI is InChI=1S/C23H27N3O4/c1-30-23(28)26(19-8-4-2-5-9-19)21(10-6-3-7-11-22(27)25-29)18-13-12-17-14-15-24-20(17)16-18/h2,4-5,8-9,12-16,21,24,29H,3,6-7,10-11H2,1H3,(H,25,27). The summed E-state index contributed by atoms with van der Waals surface area (Å²) in [6.45, 7) is 0. The normalized spacial score (nSPS) is 11.8. The van der Waals surface area contributed by atoms with Gasteiger partial charge in [-0.2, -0.15) is 0 Å². The molecule has 1 aromatic heterocycles. The van der Waals surface area contributed by atoms with Crippen molar-refractivity contribution in [2.24, 2.45) is 0 Å². The molecule has 0 saturated heterocycles. The van der Waals surface area contributed by atoms with Gasteiger partial charge >= 0.3 is 6.09 Å². The van der Waals surface area contributed by atoms with E-state index in [1.807, 2.05) is 54.7 Å². The van der Waals surface area contributed by atoms with Gasteiger partial charge in [-0.25, -0.2) is 10.3 Å². The summed E-state index contributed by atoms with van der Waals surface area (Å²) < 4.78 is 5.11. The van der Waals surface area contributed by atoms with E-state index in [0.29, 0.717) is 12.8 Å². The van der Waals surface area contributed by atoms with Crippen molar-refractivity contribution in [2.75, 3.05) is 12.0 Å². The lowest BCUT2D eigenvalue weighted by Crippen LogP contribution is -2.35. The molecule has 3 N–H and O–H groups in total. The third kappa shape index (κ3) is 5.18. The zero-order valence-corrected chi connectivity index (χ0v) is 17.0. The molecule has 3 rings (SSSR count). The SMILES string of the molecule is COC(=O)N(c1ccccc1)C(CCCCCC(=O)NO)c1ccc2cc[nH]c2c1. The maximum absolute atomic E-state index is 12.8. The average molecular weight is 409 g/mol. The summed E-state index contributed by atoms with van der Waals surface area (Å²) in [5.74, 6) is -0.385. The maximum Gasteiger partial charge on any atom is 0.414 e. The van der Waals surface area contributed by atoms with Gasteiger partial charge < -0.3 is 9.72 Å². The van der Waals surface area contributed by atoms with E-state index < -0.39 is 6.09 Å². The third-order valence-electron chi connectivity index (χ3n) is 5.19. The molecule has 0 aliphatic heterocycles. The zero-order chi connectivity index (χ0) is 21.3. The molecule has 7 nitrogen and oxygen atoms in total. The lowest BCUT2D eigenvalue weighted by Gasteiger charge is -2.31. The first-order valence-electron chi connectivity index (χ1n) is 10.1. The van der Waals surface area contributed by atoms with Crippen LogP contribution in [0, 0.1) is 0 Å². The molecule has 0 spiro atoms. The van der Waals surface area contributed by atoms with Crippen LogP contribution in [-0.2, 0) is 9.53 Å². The highest BCUT2D eigenvalue weighted by molar-refractivity contribution is 5.89. The van der Waals surface area contributed by atoms with Crippen molar-refractivity contribution >= 4 is 28.6 Å². The van der Waals surface area contributed by atoms with E-state index >= 15 is 0 Å². The van der Waals surface area contributed by atoms with Gasteiger partial charge in [0, 0.05) is 23.8 Å². The van der Waals surface area contributed by atoms with Gasteiger partial charge in [-0.1, -0.05) is 43.2 Å². The first-order valence-corrected chi connectivity index (χ1v) is 10.1. The number of nitrogens with zero attached hydrogens (tertiary/aromatic N) is 1. The highest BCUT2D eigenvalue weighted by Crippen LogP contribution is 2.33. The highest BCUT2D eigenvalue weighted by atomic mass is 16.5. The van der Waals surface area contributed by atoms with Gasteiger partial charge in [0.15, 0.2) is 0 Å². The number of hydroxylamine groups is 1. The molecule has 2 aromatic carbocycles. The quantitative estimate of drug-likeness (QED) is 0.265. The number of aromatic nitrogens is 1. The second-order valence-corrected chi connectivity index (χ2v) is 7.15. The number of methoxy groups -OCH3 is 1. The number of para-hydroxylation sites is 1. The van der Waals surface area contributed by atoms with E-state index in [1.54, 1.807) is 10.4 Å². The van der Waals surface area contributed by atoms with Crippen LogP contribution in [0.2, 0.25) is 0 Å². The van der Waals surface area contributed by atoms with Gasteiger partial charge in [-0.3, -0.25) is 14.9 Å². The number of aromatic amines is 1. The fraction of sp³-hybridized carbons (Fsp3) is 0.304. The number of carbonyl (C=O) groups is 2. The first-order chi connectivity index (χ1) is 14.6. The van der Waals surface area contributed by atoms with Gasteiger partial charge in [0.2, 0.25) is 5.91 Å². The van der Waals surface area contributed by atoms with Crippen molar-refractivity contribution in [3.63, 3.8) is 0 Å². The Labute approximate surface area is 175 Å². The molecule has 2 amide bonds. The number of ether oxygens (including phenoxy) is 1. The molecule has 1 heterocycles. The highest BCUT2D eigenvalue weighted by Gasteiger charge is 2.27. The van der Waals surface area contributed by atoms with E-state index in [0.717, 1.165) is 35.0 Å². The number of unbranched alkanes of at least 4 members (excludes halogenated alkanes) is 2. The number of hydrogen-bond acceptors (Lipinski definition) is 4. The molecule has 7 heteroatoms. The van der Waals surface area contributed by atoms with E-state index in [-0.39, 0.29) is 18.4 Å². The molecule has 1 unspecified atom stereocenters. The van der Waals surface area contributed by atoms with Crippen LogP contribution >= 0.6 is 0 Å². The van der Waals surface area contributed by atoms with Crippen LogP contribution in [0.5, 0.6) is 0 Å². The maximum atomic E-state index is 12.8. The number of carbonyl (C=O) groups excluding carboxylic acids is 2. The smallest absolute Gasteiger partial charge is 0.414 e. The predicted octanol–water partition coefficient (Wildman–Crippen LogP) is 4.94. The number of anilines is 1. The largest absolute Gasteiger partial charge is 0.452 e. The van der Waals surface area contributed by atoms with E-state index in [9.17, 15) is 9.59 Å². The van der Waals surface area contributed by atoms with Crippen molar-refractivity contribution in [1.82, 2.24) is 10.5 Å². The molecule has 0 aliphatic rings. The Balaban J connectivity index is 1.86. The van der Waals surface area contributed by atoms with Crippen LogP contribution < -0.4 is 10.4 Å². The Morgan fingerprint density at radius 2 is 1.90 bits per heavy atom. The van der Waals surface area contributed by atoms with Gasteiger partial charge in [-0.15, -0.1) is 0 Å². The molecular formula is C23H27N3O4. The first kappa shape index (κ1) is 21.4. The van der Waals surface area contributed by atoms with Crippen molar-refractivity contribution in [1.29, 1.82) is 0 Å². The Morgan fingerprint density at radius 3 is 2.63 bits per heavy atom. The predicted molar refractivity (Wildman–Crippen MR) is 115 cm³/mol. The molecule has 0 bridgehead atoms. The van der Waals surface area contributed by atoms with Crippen molar-refractivity contribution in [3.05, 3.63) is 66.4 Å². The van der Waals surface area contributed by atoms with Crippen molar-refractivity contribution in [2.45, 2.75) is 38.1 Å². The minimum atomic E-state index is -0.419. The Hall–Kier alpha value is -3.32. The summed E-state index contributed by atoms with van der Waals surface area (Å²) in [6, 6.07) is 17.4. The summed E-state index contributed by atoms with van der Waals surface area (Å²) in [5.41, 5.74) is 4.44. The number of amides is 2. The third-order valence-corrected chi connectivity index (χ3v) is 5.19. The van der Waals surface area contributed by atoms with E-state index in [1.165, 1.54) is 7.11 Å². The monoisotopic (exact) mass is 409 g/mol. The Bertz CT molecular complexity index is 971. The second-order valence-electron chi connectivity index (χ2n) is 7.15. The fourth-order valence-electron chi connectivity index (χ4n) is 3.67. The molecule has 30 heavy (non-hydrogen) atoms. The summed E-state index contributed by atoms with van der Waals surface area (Å²) in [5, 5.41) is 9.73. The van der Waals surface area contributed by atoms with Crippen LogP contribution in [0.3, 0.4) is 0 Å². The number of benzene rings is 2. The van der Waals surface area contributed by atoms with Crippen molar-refractivity contribution < 1.29 is 19.5 Å². The van der Waals surface area contributed by atoms with Gasteiger partial charge in [0.25, 0.3) is 0 Å². The molecule has 0 fully saturated rings.